The topological polar surface area (TPSA) is 53.9 Å². The van der Waals surface area contributed by atoms with Gasteiger partial charge in [-0.1, -0.05) is 0 Å². The van der Waals surface area contributed by atoms with E-state index in [1.807, 2.05) is 0 Å². The van der Waals surface area contributed by atoms with E-state index in [0.717, 1.165) is 31.9 Å². The summed E-state index contributed by atoms with van der Waals surface area (Å²) in [5, 5.41) is 3.24. The van der Waals surface area contributed by atoms with Gasteiger partial charge in [-0.15, -0.1) is 0 Å². The number of rotatable bonds is 3. The largest absolute Gasteiger partial charge is 0.378 e. The molecule has 0 aromatic carbocycles. The van der Waals surface area contributed by atoms with Crippen LogP contribution in [0.25, 0.3) is 0 Å². The highest BCUT2D eigenvalue weighted by atomic mass is 19.1. The van der Waals surface area contributed by atoms with Crippen molar-refractivity contribution < 1.29 is 4.39 Å². The molecule has 0 spiro atoms. The SMILES string of the molecule is Fc1cnccc1N[C@H]1CCCN(c2ncccn2)C1. The highest BCUT2D eigenvalue weighted by Gasteiger charge is 2.22. The zero-order valence-electron chi connectivity index (χ0n) is 11.0. The molecule has 2 aromatic rings. The van der Waals surface area contributed by atoms with Gasteiger partial charge in [0.1, 0.15) is 0 Å². The first kappa shape index (κ1) is 12.8. The van der Waals surface area contributed by atoms with E-state index in [2.05, 4.69) is 25.2 Å². The molecule has 104 valence electrons. The van der Waals surface area contributed by atoms with Crippen LogP contribution in [0.15, 0.2) is 36.9 Å². The Balaban J connectivity index is 1.68. The maximum absolute atomic E-state index is 13.6. The van der Waals surface area contributed by atoms with Gasteiger partial charge < -0.3 is 10.2 Å². The minimum atomic E-state index is -0.319. The minimum absolute atomic E-state index is 0.185. The molecule has 1 atom stereocenters. The molecular formula is C14H16FN5. The van der Waals surface area contributed by atoms with Crippen molar-refractivity contribution in [1.82, 2.24) is 15.0 Å². The number of nitrogens with zero attached hydrogens (tertiary/aromatic N) is 4. The standard InChI is InChI=1S/C14H16FN5/c15-12-9-16-7-4-13(12)19-11-3-1-8-20(10-11)14-17-5-2-6-18-14/h2,4-7,9,11H,1,3,8,10H2,(H,16,19)/t11-/m0/s1. The maximum Gasteiger partial charge on any atom is 0.225 e. The molecule has 20 heavy (non-hydrogen) atoms. The lowest BCUT2D eigenvalue weighted by molar-refractivity contribution is 0.518. The molecule has 2 aromatic heterocycles. The van der Waals surface area contributed by atoms with Crippen LogP contribution >= 0.6 is 0 Å². The highest BCUT2D eigenvalue weighted by Crippen LogP contribution is 2.20. The molecule has 0 saturated carbocycles. The fourth-order valence-corrected chi connectivity index (χ4v) is 2.44. The predicted molar refractivity (Wildman–Crippen MR) is 75.1 cm³/mol. The van der Waals surface area contributed by atoms with Crippen LogP contribution in [-0.2, 0) is 0 Å². The number of piperidine rings is 1. The van der Waals surface area contributed by atoms with Crippen molar-refractivity contribution in [3.05, 3.63) is 42.7 Å². The molecule has 3 heterocycles. The monoisotopic (exact) mass is 273 g/mol. The van der Waals surface area contributed by atoms with Gasteiger partial charge in [0.05, 0.1) is 11.9 Å². The lowest BCUT2D eigenvalue weighted by atomic mass is 10.1. The van der Waals surface area contributed by atoms with Crippen molar-refractivity contribution in [3.8, 4) is 0 Å². The van der Waals surface area contributed by atoms with Gasteiger partial charge in [0.2, 0.25) is 5.95 Å². The lowest BCUT2D eigenvalue weighted by Crippen LogP contribution is -2.43. The lowest BCUT2D eigenvalue weighted by Gasteiger charge is -2.33. The van der Waals surface area contributed by atoms with Crippen molar-refractivity contribution in [2.24, 2.45) is 0 Å². The highest BCUT2D eigenvalue weighted by molar-refractivity contribution is 5.44. The third-order valence-corrected chi connectivity index (χ3v) is 3.39. The number of hydrogen-bond donors (Lipinski definition) is 1. The van der Waals surface area contributed by atoms with Crippen molar-refractivity contribution in [2.75, 3.05) is 23.3 Å². The molecule has 1 N–H and O–H groups in total. The normalized spacial score (nSPS) is 18.9. The molecule has 0 aliphatic carbocycles. The quantitative estimate of drug-likeness (QED) is 0.928. The fraction of sp³-hybridized carbons (Fsp3) is 0.357. The van der Waals surface area contributed by atoms with E-state index in [9.17, 15) is 4.39 Å². The van der Waals surface area contributed by atoms with Crippen LogP contribution in [0.3, 0.4) is 0 Å². The molecule has 0 radical (unpaired) electrons. The van der Waals surface area contributed by atoms with E-state index in [0.29, 0.717) is 5.69 Å². The summed E-state index contributed by atoms with van der Waals surface area (Å²) in [6.45, 7) is 1.70. The van der Waals surface area contributed by atoms with Crippen LogP contribution in [0.2, 0.25) is 0 Å². The zero-order valence-corrected chi connectivity index (χ0v) is 11.0. The molecule has 1 aliphatic heterocycles. The summed E-state index contributed by atoms with van der Waals surface area (Å²) in [6, 6.07) is 3.65. The second-order valence-corrected chi connectivity index (χ2v) is 4.83. The molecule has 1 aliphatic rings. The number of halogens is 1. The van der Waals surface area contributed by atoms with Gasteiger partial charge in [-0.05, 0) is 25.0 Å². The maximum atomic E-state index is 13.6. The van der Waals surface area contributed by atoms with Crippen LogP contribution in [0.1, 0.15) is 12.8 Å². The third-order valence-electron chi connectivity index (χ3n) is 3.39. The summed E-state index contributed by atoms with van der Waals surface area (Å²) in [5.41, 5.74) is 0.501. The van der Waals surface area contributed by atoms with Gasteiger partial charge in [0.25, 0.3) is 0 Å². The number of nitrogens with one attached hydrogen (secondary N) is 1. The molecule has 0 bridgehead atoms. The molecule has 1 saturated heterocycles. The summed E-state index contributed by atoms with van der Waals surface area (Å²) in [4.78, 5) is 14.4. The number of hydrogen-bond acceptors (Lipinski definition) is 5. The Kier molecular flexibility index (Phi) is 3.71. The summed E-state index contributed by atoms with van der Waals surface area (Å²) >= 11 is 0. The smallest absolute Gasteiger partial charge is 0.225 e. The summed E-state index contributed by atoms with van der Waals surface area (Å²) in [7, 11) is 0. The van der Waals surface area contributed by atoms with Crippen LogP contribution in [0.5, 0.6) is 0 Å². The van der Waals surface area contributed by atoms with Gasteiger partial charge in [-0.3, -0.25) is 4.98 Å². The Bertz CT molecular complexity index is 563. The average molecular weight is 273 g/mol. The Morgan fingerprint density at radius 2 is 2.10 bits per heavy atom. The molecule has 6 heteroatoms. The minimum Gasteiger partial charge on any atom is -0.378 e. The first-order chi connectivity index (χ1) is 9.83. The molecular weight excluding hydrogens is 257 g/mol. The Morgan fingerprint density at radius 3 is 2.90 bits per heavy atom. The van der Waals surface area contributed by atoms with Crippen LogP contribution < -0.4 is 10.2 Å². The van der Waals surface area contributed by atoms with Crippen LogP contribution in [-0.4, -0.2) is 34.1 Å². The Labute approximate surface area is 116 Å². The van der Waals surface area contributed by atoms with Gasteiger partial charge >= 0.3 is 0 Å². The molecule has 3 rings (SSSR count). The van der Waals surface area contributed by atoms with Gasteiger partial charge in [-0.2, -0.15) is 0 Å². The number of pyridine rings is 1. The molecule has 1 fully saturated rings. The molecule has 0 amide bonds. The second-order valence-electron chi connectivity index (χ2n) is 4.83. The van der Waals surface area contributed by atoms with Crippen molar-refractivity contribution in [1.29, 1.82) is 0 Å². The van der Waals surface area contributed by atoms with Crippen molar-refractivity contribution in [3.63, 3.8) is 0 Å². The van der Waals surface area contributed by atoms with E-state index in [1.165, 1.54) is 6.20 Å². The van der Waals surface area contributed by atoms with Crippen LogP contribution in [0.4, 0.5) is 16.0 Å². The van der Waals surface area contributed by atoms with Gasteiger partial charge in [-0.25, -0.2) is 14.4 Å². The number of aromatic nitrogens is 3. The predicted octanol–water partition coefficient (Wildman–Crippen LogP) is 2.09. The summed E-state index contributed by atoms with van der Waals surface area (Å²) < 4.78 is 13.6. The fourth-order valence-electron chi connectivity index (χ4n) is 2.44. The van der Waals surface area contributed by atoms with Gasteiger partial charge in [0.15, 0.2) is 5.82 Å². The Hall–Kier alpha value is -2.24. The van der Waals surface area contributed by atoms with Crippen molar-refractivity contribution >= 4 is 11.6 Å². The average Bonchev–Trinajstić information content (AvgIpc) is 2.51. The van der Waals surface area contributed by atoms with E-state index in [-0.39, 0.29) is 11.9 Å². The first-order valence-electron chi connectivity index (χ1n) is 6.71. The van der Waals surface area contributed by atoms with Gasteiger partial charge in [0, 0.05) is 37.7 Å². The zero-order chi connectivity index (χ0) is 13.8. The van der Waals surface area contributed by atoms with E-state index < -0.39 is 0 Å². The summed E-state index contributed by atoms with van der Waals surface area (Å²) in [5.74, 6) is 0.412. The Morgan fingerprint density at radius 1 is 1.25 bits per heavy atom. The van der Waals surface area contributed by atoms with Crippen LogP contribution in [0, 0.1) is 5.82 Å². The first-order valence-corrected chi connectivity index (χ1v) is 6.71. The van der Waals surface area contributed by atoms with E-state index in [4.69, 9.17) is 0 Å². The van der Waals surface area contributed by atoms with E-state index in [1.54, 1.807) is 30.7 Å². The second kappa shape index (κ2) is 5.81. The van der Waals surface area contributed by atoms with Crippen molar-refractivity contribution in [2.45, 2.75) is 18.9 Å². The van der Waals surface area contributed by atoms with E-state index >= 15 is 0 Å². The molecule has 0 unspecified atom stereocenters. The molecule has 5 nitrogen and oxygen atoms in total. The third kappa shape index (κ3) is 2.84. The number of anilines is 2. The summed E-state index contributed by atoms with van der Waals surface area (Å²) in [6.07, 6.45) is 8.33.